The molecule has 0 amide bonds. The van der Waals surface area contributed by atoms with Gasteiger partial charge in [-0.2, -0.15) is 5.09 Å². The predicted octanol–water partition coefficient (Wildman–Crippen LogP) is 8.35. The summed E-state index contributed by atoms with van der Waals surface area (Å²) in [6, 6.07) is 22.7. The van der Waals surface area contributed by atoms with Gasteiger partial charge in [0.2, 0.25) is 0 Å². The molecule has 49 heavy (non-hydrogen) atoms. The quantitative estimate of drug-likeness (QED) is 0.0960. The maximum absolute atomic E-state index is 15.6. The summed E-state index contributed by atoms with van der Waals surface area (Å²) in [7, 11) is -2.00. The van der Waals surface area contributed by atoms with Crippen LogP contribution in [0.15, 0.2) is 89.4 Å². The van der Waals surface area contributed by atoms with E-state index >= 15 is 4.57 Å². The van der Waals surface area contributed by atoms with Crippen molar-refractivity contribution in [2.45, 2.75) is 59.2 Å². The van der Waals surface area contributed by atoms with Gasteiger partial charge < -0.3 is 28.6 Å². The molecule has 0 saturated heterocycles. The summed E-state index contributed by atoms with van der Waals surface area (Å²) < 4.78 is 45.5. The summed E-state index contributed by atoms with van der Waals surface area (Å²) in [4.78, 5) is 28.8. The molecule has 0 fully saturated rings. The summed E-state index contributed by atoms with van der Waals surface area (Å²) in [5.74, 6) is -0.660. The van der Waals surface area contributed by atoms with Gasteiger partial charge in [-0.1, -0.05) is 64.5 Å². The van der Waals surface area contributed by atoms with Crippen molar-refractivity contribution in [1.82, 2.24) is 5.09 Å². The Hall–Kier alpha value is -4.31. The first-order chi connectivity index (χ1) is 23.2. The Balaban J connectivity index is 2.05. The monoisotopic (exact) mass is 752 g/mol. The number of ether oxygens (including phenoxy) is 3. The Labute approximate surface area is 296 Å². The molecule has 0 heterocycles. The molecule has 0 radical (unpaired) electrons. The Morgan fingerprint density at radius 2 is 1.24 bits per heavy atom. The standard InChI is InChI=1S/C37H42BrN2O8P/c1-23(2)46-35(41)34(39-30-19-21-31(44-7)22-20-30)37(36(42)45-8,28-15-17-29(38)18-16-28)40-49(43,47-32-24(3)11-9-12-25(32)4)48-33-26(5)13-10-14-27(33)6/h9-23,34,39H,1-8H3,(H,40,43). The van der Waals surface area contributed by atoms with Gasteiger partial charge in [0.05, 0.1) is 20.3 Å². The number of anilines is 1. The fraction of sp³-hybridized carbons (Fsp3) is 0.297. The highest BCUT2D eigenvalue weighted by Gasteiger charge is 2.58. The zero-order valence-electron chi connectivity index (χ0n) is 28.8. The first-order valence-corrected chi connectivity index (χ1v) is 17.9. The molecular formula is C37H42BrN2O8P. The van der Waals surface area contributed by atoms with Crippen molar-refractivity contribution in [3.63, 3.8) is 0 Å². The van der Waals surface area contributed by atoms with E-state index < -0.39 is 37.4 Å². The first kappa shape index (κ1) is 37.5. The molecule has 4 rings (SSSR count). The van der Waals surface area contributed by atoms with E-state index in [-0.39, 0.29) is 17.1 Å². The molecule has 0 aliphatic rings. The van der Waals surface area contributed by atoms with Crippen LogP contribution in [0.3, 0.4) is 0 Å². The van der Waals surface area contributed by atoms with Crippen molar-refractivity contribution >= 4 is 41.3 Å². The van der Waals surface area contributed by atoms with Crippen molar-refractivity contribution in [3.05, 3.63) is 117 Å². The highest BCUT2D eigenvalue weighted by atomic mass is 79.9. The third-order valence-corrected chi connectivity index (χ3v) is 9.78. The maximum atomic E-state index is 15.6. The summed E-state index contributed by atoms with van der Waals surface area (Å²) in [5, 5.41) is 6.13. The van der Waals surface area contributed by atoms with Gasteiger partial charge in [-0.25, -0.2) is 14.2 Å². The average Bonchev–Trinajstić information content (AvgIpc) is 3.06. The Morgan fingerprint density at radius 3 is 1.67 bits per heavy atom. The maximum Gasteiger partial charge on any atom is 0.514 e. The minimum Gasteiger partial charge on any atom is -0.497 e. The van der Waals surface area contributed by atoms with E-state index in [0.29, 0.717) is 38.2 Å². The fourth-order valence-corrected chi connectivity index (χ4v) is 7.59. The van der Waals surface area contributed by atoms with Crippen molar-refractivity contribution in [1.29, 1.82) is 0 Å². The number of para-hydroxylation sites is 2. The normalized spacial score (nSPS) is 13.2. The Kier molecular flexibility index (Phi) is 12.2. The van der Waals surface area contributed by atoms with Gasteiger partial charge >= 0.3 is 19.7 Å². The van der Waals surface area contributed by atoms with Crippen LogP contribution >= 0.6 is 23.7 Å². The van der Waals surface area contributed by atoms with Gasteiger partial charge in [-0.15, -0.1) is 0 Å². The summed E-state index contributed by atoms with van der Waals surface area (Å²) in [6.07, 6.45) is -0.573. The van der Waals surface area contributed by atoms with Crippen LogP contribution in [0, 0.1) is 27.7 Å². The van der Waals surface area contributed by atoms with E-state index in [9.17, 15) is 9.59 Å². The second-order valence-electron chi connectivity index (χ2n) is 11.8. The highest BCUT2D eigenvalue weighted by Crippen LogP contribution is 2.52. The second kappa shape index (κ2) is 15.9. The number of carbonyl (C=O) groups excluding carboxylic acids is 2. The number of halogens is 1. The van der Waals surface area contributed by atoms with E-state index in [2.05, 4.69) is 26.3 Å². The summed E-state index contributed by atoms with van der Waals surface area (Å²) in [5.41, 5.74) is 1.06. The summed E-state index contributed by atoms with van der Waals surface area (Å²) in [6.45, 7) is 10.6. The number of aryl methyl sites for hydroxylation is 4. The molecule has 0 saturated carbocycles. The molecular weight excluding hydrogens is 711 g/mol. The topological polar surface area (TPSA) is 121 Å². The predicted molar refractivity (Wildman–Crippen MR) is 193 cm³/mol. The molecule has 0 spiro atoms. The zero-order valence-corrected chi connectivity index (χ0v) is 31.3. The van der Waals surface area contributed by atoms with Crippen molar-refractivity contribution < 1.29 is 37.4 Å². The van der Waals surface area contributed by atoms with Crippen LogP contribution in [0.2, 0.25) is 0 Å². The van der Waals surface area contributed by atoms with E-state index in [1.807, 2.05) is 64.1 Å². The molecule has 12 heteroatoms. The van der Waals surface area contributed by atoms with Crippen LogP contribution in [-0.2, 0) is 29.2 Å². The largest absolute Gasteiger partial charge is 0.514 e. The van der Waals surface area contributed by atoms with E-state index in [4.69, 9.17) is 23.3 Å². The van der Waals surface area contributed by atoms with Crippen molar-refractivity contribution in [2.75, 3.05) is 19.5 Å². The molecule has 0 bridgehead atoms. The minimum absolute atomic E-state index is 0.213. The Morgan fingerprint density at radius 1 is 0.755 bits per heavy atom. The van der Waals surface area contributed by atoms with Crippen LogP contribution in [0.25, 0.3) is 0 Å². The third-order valence-electron chi connectivity index (χ3n) is 7.78. The Bertz CT molecular complexity index is 1730. The molecule has 4 aromatic rings. The van der Waals surface area contributed by atoms with Crippen LogP contribution in [0.1, 0.15) is 41.7 Å². The molecule has 260 valence electrons. The number of rotatable bonds is 14. The molecule has 0 aliphatic carbocycles. The van der Waals surface area contributed by atoms with Crippen LogP contribution < -0.4 is 24.2 Å². The lowest BCUT2D eigenvalue weighted by molar-refractivity contribution is -0.159. The fourth-order valence-electron chi connectivity index (χ4n) is 5.36. The molecule has 0 aliphatic heterocycles. The lowest BCUT2D eigenvalue weighted by Gasteiger charge is -2.40. The molecule has 10 nitrogen and oxygen atoms in total. The number of hydrogen-bond acceptors (Lipinski definition) is 9. The van der Waals surface area contributed by atoms with Crippen LogP contribution in [-0.4, -0.2) is 38.3 Å². The van der Waals surface area contributed by atoms with Crippen LogP contribution in [0.5, 0.6) is 17.2 Å². The van der Waals surface area contributed by atoms with E-state index in [0.717, 1.165) is 0 Å². The van der Waals surface area contributed by atoms with Gasteiger partial charge in [0.25, 0.3) is 0 Å². The first-order valence-electron chi connectivity index (χ1n) is 15.6. The van der Waals surface area contributed by atoms with Gasteiger partial charge in [-0.05, 0) is 106 Å². The number of hydrogen-bond donors (Lipinski definition) is 2. The number of nitrogens with one attached hydrogen (secondary N) is 2. The van der Waals surface area contributed by atoms with Gasteiger partial charge in [0.1, 0.15) is 17.2 Å². The molecule has 0 aromatic heterocycles. The number of carbonyl (C=O) groups is 2. The van der Waals surface area contributed by atoms with Crippen molar-refractivity contribution in [3.8, 4) is 17.2 Å². The smallest absolute Gasteiger partial charge is 0.497 e. The molecule has 2 atom stereocenters. The van der Waals surface area contributed by atoms with Crippen LogP contribution in [0.4, 0.5) is 5.69 Å². The lowest BCUT2D eigenvalue weighted by atomic mass is 9.83. The molecule has 2 unspecified atom stereocenters. The minimum atomic E-state index is -4.71. The van der Waals surface area contributed by atoms with Gasteiger partial charge in [-0.3, -0.25) is 0 Å². The molecule has 2 N–H and O–H groups in total. The number of methoxy groups -OCH3 is 2. The number of esters is 2. The lowest BCUT2D eigenvalue weighted by Crippen LogP contribution is -2.63. The second-order valence-corrected chi connectivity index (χ2v) is 14.3. The SMILES string of the molecule is COC(=O)C(NP(=O)(Oc1c(C)cccc1C)Oc1c(C)cccc1C)(c1ccc(Br)cc1)C(Nc1ccc(OC)cc1)C(=O)OC(C)C. The molecule has 4 aromatic carbocycles. The highest BCUT2D eigenvalue weighted by molar-refractivity contribution is 9.10. The van der Waals surface area contributed by atoms with Crippen molar-refractivity contribution in [2.24, 2.45) is 0 Å². The van der Waals surface area contributed by atoms with Gasteiger partial charge in [0.15, 0.2) is 11.6 Å². The third kappa shape index (κ3) is 8.65. The number of benzene rings is 4. The summed E-state index contributed by atoms with van der Waals surface area (Å²) >= 11 is 3.45. The van der Waals surface area contributed by atoms with E-state index in [1.54, 1.807) is 62.4 Å². The van der Waals surface area contributed by atoms with Gasteiger partial charge in [0, 0.05) is 10.2 Å². The zero-order chi connectivity index (χ0) is 35.9. The average molecular weight is 754 g/mol. The van der Waals surface area contributed by atoms with E-state index in [1.165, 1.54) is 14.2 Å².